The molecule has 6 aromatic rings. The lowest BCUT2D eigenvalue weighted by Crippen LogP contribution is -2.20. The summed E-state index contributed by atoms with van der Waals surface area (Å²) < 4.78 is 3.79. The second kappa shape index (κ2) is 9.35. The van der Waals surface area contributed by atoms with Crippen molar-refractivity contribution in [3.63, 3.8) is 0 Å². The van der Waals surface area contributed by atoms with Crippen LogP contribution in [-0.4, -0.2) is 25.0 Å². The van der Waals surface area contributed by atoms with Gasteiger partial charge in [-0.1, -0.05) is 78.0 Å². The van der Waals surface area contributed by atoms with Crippen molar-refractivity contribution in [1.82, 2.24) is 19.3 Å². The van der Waals surface area contributed by atoms with Gasteiger partial charge in [0.15, 0.2) is 5.82 Å². The molecule has 4 heterocycles. The summed E-state index contributed by atoms with van der Waals surface area (Å²) in [6, 6.07) is 25.4. The van der Waals surface area contributed by atoms with Crippen molar-refractivity contribution in [2.45, 2.75) is 20.0 Å². The first-order chi connectivity index (χ1) is 19.1. The third-order valence-electron chi connectivity index (χ3n) is 6.91. The second-order valence-electron chi connectivity index (χ2n) is 9.23. The molecule has 7 rings (SSSR count). The fraction of sp³-hybridized carbons (Fsp3) is 0.0968. The topological polar surface area (TPSA) is 65.1 Å². The first-order valence-corrected chi connectivity index (χ1v) is 13.6. The van der Waals surface area contributed by atoms with E-state index in [1.54, 1.807) is 15.9 Å². The van der Waals surface area contributed by atoms with Crippen LogP contribution in [0.15, 0.2) is 88.6 Å². The number of aliphatic imine (C=N–C) groups is 1. The lowest BCUT2D eigenvalue weighted by molar-refractivity contribution is 0.845. The molecule has 0 saturated carbocycles. The summed E-state index contributed by atoms with van der Waals surface area (Å²) in [5.74, 6) is 8.12. The van der Waals surface area contributed by atoms with E-state index in [1.807, 2.05) is 90.4 Å². The molecule has 0 fully saturated rings. The number of rotatable bonds is 2. The molecule has 188 valence electrons. The van der Waals surface area contributed by atoms with Gasteiger partial charge in [-0.05, 0) is 36.6 Å². The van der Waals surface area contributed by atoms with E-state index in [-0.39, 0.29) is 12.1 Å². The lowest BCUT2D eigenvalue weighted by atomic mass is 10.0. The number of benzene rings is 3. The number of hydrogen-bond donors (Lipinski definition) is 0. The van der Waals surface area contributed by atoms with Gasteiger partial charge in [-0.15, -0.1) is 21.5 Å². The van der Waals surface area contributed by atoms with Gasteiger partial charge in [0.25, 0.3) is 5.56 Å². The third-order valence-corrected chi connectivity index (χ3v) is 8.27. The number of pyridine rings is 1. The van der Waals surface area contributed by atoms with E-state index in [9.17, 15) is 4.79 Å². The molecular formula is C31H20ClN5OS. The number of aromatic nitrogens is 4. The SMILES string of the molecule is Cc1nnc2n1-c1sc(C#CCn3c(=O)c4ccccc4c4ccccc43)cc1C(c1ccccc1Cl)=NC2. The van der Waals surface area contributed by atoms with E-state index in [0.29, 0.717) is 17.0 Å². The number of nitrogens with zero attached hydrogens (tertiary/aromatic N) is 5. The Balaban J connectivity index is 1.34. The summed E-state index contributed by atoms with van der Waals surface area (Å²) in [6.07, 6.45) is 0. The van der Waals surface area contributed by atoms with E-state index in [2.05, 4.69) is 22.0 Å². The molecule has 0 unspecified atom stereocenters. The molecule has 0 atom stereocenters. The minimum Gasteiger partial charge on any atom is -0.296 e. The van der Waals surface area contributed by atoms with Gasteiger partial charge >= 0.3 is 0 Å². The van der Waals surface area contributed by atoms with Crippen molar-refractivity contribution in [3.05, 3.63) is 122 Å². The maximum atomic E-state index is 13.4. The Morgan fingerprint density at radius 1 is 0.923 bits per heavy atom. The van der Waals surface area contributed by atoms with Crippen LogP contribution in [0.25, 0.3) is 26.7 Å². The molecule has 0 N–H and O–H groups in total. The van der Waals surface area contributed by atoms with Gasteiger partial charge in [-0.2, -0.15) is 0 Å². The maximum absolute atomic E-state index is 13.4. The summed E-state index contributed by atoms with van der Waals surface area (Å²) in [5.41, 5.74) is 3.44. The first kappa shape index (κ1) is 23.6. The van der Waals surface area contributed by atoms with Crippen LogP contribution in [-0.2, 0) is 13.1 Å². The fourth-order valence-corrected chi connectivity index (χ4v) is 6.46. The zero-order valence-corrected chi connectivity index (χ0v) is 22.4. The third kappa shape index (κ3) is 3.88. The molecule has 1 aliphatic heterocycles. The van der Waals surface area contributed by atoms with Crippen LogP contribution >= 0.6 is 22.9 Å². The second-order valence-corrected chi connectivity index (χ2v) is 10.7. The average Bonchev–Trinajstić information content (AvgIpc) is 3.50. The Bertz CT molecular complexity index is 2090. The van der Waals surface area contributed by atoms with Crippen molar-refractivity contribution in [2.24, 2.45) is 4.99 Å². The smallest absolute Gasteiger partial charge is 0.259 e. The molecule has 3 aromatic heterocycles. The molecule has 0 spiro atoms. The Labute approximate surface area is 232 Å². The largest absolute Gasteiger partial charge is 0.296 e. The van der Waals surface area contributed by atoms with Crippen molar-refractivity contribution in [1.29, 1.82) is 0 Å². The molecule has 8 heteroatoms. The van der Waals surface area contributed by atoms with Crippen molar-refractivity contribution < 1.29 is 0 Å². The molecule has 6 nitrogen and oxygen atoms in total. The van der Waals surface area contributed by atoms with Crippen molar-refractivity contribution in [2.75, 3.05) is 0 Å². The number of halogens is 1. The molecule has 39 heavy (non-hydrogen) atoms. The average molecular weight is 546 g/mol. The number of aryl methyl sites for hydroxylation is 1. The Morgan fingerprint density at radius 2 is 1.67 bits per heavy atom. The fourth-order valence-electron chi connectivity index (χ4n) is 5.13. The Hall–Kier alpha value is -4.51. The van der Waals surface area contributed by atoms with Gasteiger partial charge in [0.1, 0.15) is 17.4 Å². The van der Waals surface area contributed by atoms with Crippen molar-refractivity contribution >= 4 is 50.3 Å². The first-order valence-electron chi connectivity index (χ1n) is 12.4. The lowest BCUT2D eigenvalue weighted by Gasteiger charge is -2.10. The predicted molar refractivity (Wildman–Crippen MR) is 157 cm³/mol. The minimum atomic E-state index is -0.0431. The van der Waals surface area contributed by atoms with Crippen LogP contribution < -0.4 is 5.56 Å². The molecule has 0 saturated heterocycles. The van der Waals surface area contributed by atoms with E-state index >= 15 is 0 Å². The zero-order valence-electron chi connectivity index (χ0n) is 20.9. The van der Waals surface area contributed by atoms with E-state index < -0.39 is 0 Å². The van der Waals surface area contributed by atoms with Gasteiger partial charge in [-0.3, -0.25) is 18.9 Å². The molecular weight excluding hydrogens is 526 g/mol. The molecule has 0 radical (unpaired) electrons. The van der Waals surface area contributed by atoms with Crippen molar-refractivity contribution in [3.8, 4) is 16.8 Å². The van der Waals surface area contributed by atoms with Crippen LogP contribution in [0.1, 0.15) is 27.7 Å². The quantitative estimate of drug-likeness (QED) is 0.193. The predicted octanol–water partition coefficient (Wildman–Crippen LogP) is 6.16. The van der Waals surface area contributed by atoms with Gasteiger partial charge in [0.05, 0.1) is 22.7 Å². The number of para-hydroxylation sites is 1. The summed E-state index contributed by atoms with van der Waals surface area (Å²) in [7, 11) is 0. The standard InChI is InChI=1S/C31H20ClN5OS/c1-19-34-35-28-18-33-29(24-13-4-6-14-26(24)32)25-17-20(39-31(25)37(19)28)9-8-16-36-27-15-7-5-11-22(27)21-10-2-3-12-23(21)30(36)38/h2-7,10-15,17H,16,18H2,1H3. The summed E-state index contributed by atoms with van der Waals surface area (Å²) >= 11 is 8.14. The zero-order chi connectivity index (χ0) is 26.5. The van der Waals surface area contributed by atoms with Crippen LogP contribution in [0.5, 0.6) is 0 Å². The monoisotopic (exact) mass is 545 g/mol. The van der Waals surface area contributed by atoms with Gasteiger partial charge in [0.2, 0.25) is 0 Å². The normalized spacial score (nSPS) is 12.4. The van der Waals surface area contributed by atoms with Crippen LogP contribution in [0, 0.1) is 18.8 Å². The highest BCUT2D eigenvalue weighted by Gasteiger charge is 2.25. The Kier molecular flexibility index (Phi) is 5.66. The van der Waals surface area contributed by atoms with Crippen LogP contribution in [0.3, 0.4) is 0 Å². The molecule has 3 aromatic carbocycles. The molecule has 1 aliphatic rings. The van der Waals surface area contributed by atoms with E-state index in [1.165, 1.54) is 0 Å². The number of thiophene rings is 1. The molecule has 0 aliphatic carbocycles. The van der Waals surface area contributed by atoms with Crippen LogP contribution in [0.4, 0.5) is 0 Å². The molecule has 0 amide bonds. The van der Waals surface area contributed by atoms with Gasteiger partial charge in [0, 0.05) is 26.9 Å². The highest BCUT2D eigenvalue weighted by Crippen LogP contribution is 2.34. The van der Waals surface area contributed by atoms with Crippen LogP contribution in [0.2, 0.25) is 5.02 Å². The van der Waals surface area contributed by atoms with E-state index in [4.69, 9.17) is 16.6 Å². The number of hydrogen-bond acceptors (Lipinski definition) is 5. The van der Waals surface area contributed by atoms with Gasteiger partial charge in [-0.25, -0.2) is 0 Å². The summed E-state index contributed by atoms with van der Waals surface area (Å²) in [4.78, 5) is 19.2. The highest BCUT2D eigenvalue weighted by atomic mass is 35.5. The van der Waals surface area contributed by atoms with Gasteiger partial charge < -0.3 is 0 Å². The minimum absolute atomic E-state index is 0.0431. The highest BCUT2D eigenvalue weighted by molar-refractivity contribution is 7.15. The molecule has 0 bridgehead atoms. The summed E-state index contributed by atoms with van der Waals surface area (Å²) in [5, 5.41) is 12.9. The summed E-state index contributed by atoms with van der Waals surface area (Å²) in [6.45, 7) is 2.61. The van der Waals surface area contributed by atoms with E-state index in [0.717, 1.165) is 54.7 Å². The number of fused-ring (bicyclic) bond motifs is 6. The maximum Gasteiger partial charge on any atom is 0.259 e. The Morgan fingerprint density at radius 3 is 2.51 bits per heavy atom.